The molecule has 1 fully saturated rings. The van der Waals surface area contributed by atoms with Crippen LogP contribution >= 0.6 is 0 Å². The van der Waals surface area contributed by atoms with Crippen LogP contribution in [0.15, 0.2) is 18.2 Å². The van der Waals surface area contributed by atoms with E-state index in [1.807, 2.05) is 11.9 Å². The predicted molar refractivity (Wildman–Crippen MR) is 83.0 cm³/mol. The average molecular weight is 311 g/mol. The van der Waals surface area contributed by atoms with Crippen LogP contribution in [0.1, 0.15) is 15.9 Å². The van der Waals surface area contributed by atoms with Crippen LogP contribution in [-0.2, 0) is 10.0 Å². The zero-order chi connectivity index (χ0) is 15.6. The van der Waals surface area contributed by atoms with Crippen molar-refractivity contribution in [3.8, 4) is 0 Å². The number of rotatable bonds is 3. The highest BCUT2D eigenvalue weighted by Crippen LogP contribution is 2.21. The summed E-state index contributed by atoms with van der Waals surface area (Å²) in [7, 11) is -1.32. The smallest absolute Gasteiger partial charge is 0.254 e. The predicted octanol–water partition coefficient (Wildman–Crippen LogP) is 0.754. The number of sulfonamides is 1. The van der Waals surface area contributed by atoms with Gasteiger partial charge >= 0.3 is 0 Å². The van der Waals surface area contributed by atoms with E-state index in [-0.39, 0.29) is 5.91 Å². The quantitative estimate of drug-likeness (QED) is 0.894. The molecule has 21 heavy (non-hydrogen) atoms. The lowest BCUT2D eigenvalue weighted by atomic mass is 10.1. The molecule has 1 amide bonds. The van der Waals surface area contributed by atoms with E-state index in [9.17, 15) is 13.2 Å². The minimum Gasteiger partial charge on any atom is -0.336 e. The lowest BCUT2D eigenvalue weighted by Gasteiger charge is -2.32. The summed E-state index contributed by atoms with van der Waals surface area (Å²) < 4.78 is 25.2. The Balaban J connectivity index is 2.24. The van der Waals surface area contributed by atoms with Crippen LogP contribution in [0.3, 0.4) is 0 Å². The number of piperazine rings is 1. The first-order valence-electron chi connectivity index (χ1n) is 6.83. The highest BCUT2D eigenvalue weighted by atomic mass is 32.2. The van der Waals surface area contributed by atoms with Crippen LogP contribution < -0.4 is 4.72 Å². The van der Waals surface area contributed by atoms with Gasteiger partial charge in [0.05, 0.1) is 11.9 Å². The summed E-state index contributed by atoms with van der Waals surface area (Å²) in [5.41, 5.74) is 1.66. The van der Waals surface area contributed by atoms with Gasteiger partial charge in [0.25, 0.3) is 5.91 Å². The second-order valence-corrected chi connectivity index (χ2v) is 7.20. The number of benzene rings is 1. The summed E-state index contributed by atoms with van der Waals surface area (Å²) in [5.74, 6) is -0.0437. The third-order valence-electron chi connectivity index (χ3n) is 3.65. The Bertz CT molecular complexity index is 635. The van der Waals surface area contributed by atoms with Crippen molar-refractivity contribution in [2.75, 3.05) is 44.2 Å². The van der Waals surface area contributed by atoms with Gasteiger partial charge in [0.1, 0.15) is 0 Å². The van der Waals surface area contributed by atoms with Crippen molar-refractivity contribution in [2.45, 2.75) is 6.92 Å². The maximum Gasteiger partial charge on any atom is 0.254 e. The Labute approximate surface area is 125 Å². The molecule has 116 valence electrons. The lowest BCUT2D eigenvalue weighted by Crippen LogP contribution is -2.47. The van der Waals surface area contributed by atoms with Crippen molar-refractivity contribution in [3.05, 3.63) is 29.3 Å². The third-order valence-corrected chi connectivity index (χ3v) is 4.24. The highest BCUT2D eigenvalue weighted by molar-refractivity contribution is 7.92. The van der Waals surface area contributed by atoms with E-state index < -0.39 is 10.0 Å². The molecule has 0 bridgehead atoms. The second kappa shape index (κ2) is 6.03. The van der Waals surface area contributed by atoms with Gasteiger partial charge in [-0.15, -0.1) is 0 Å². The summed E-state index contributed by atoms with van der Waals surface area (Å²) in [4.78, 5) is 16.6. The topological polar surface area (TPSA) is 69.7 Å². The number of anilines is 1. The second-order valence-electron chi connectivity index (χ2n) is 5.45. The molecule has 1 aliphatic rings. The van der Waals surface area contributed by atoms with Gasteiger partial charge in [-0.2, -0.15) is 0 Å². The zero-order valence-corrected chi connectivity index (χ0v) is 13.4. The summed E-state index contributed by atoms with van der Waals surface area (Å²) in [6, 6.07) is 5.10. The molecule has 0 atom stereocenters. The van der Waals surface area contributed by atoms with Crippen LogP contribution in [0.25, 0.3) is 0 Å². The number of carbonyl (C=O) groups excluding carboxylic acids is 1. The Morgan fingerprint density at radius 1 is 1.19 bits per heavy atom. The van der Waals surface area contributed by atoms with Crippen LogP contribution in [0.2, 0.25) is 0 Å². The number of hydrogen-bond donors (Lipinski definition) is 1. The standard InChI is InChI=1S/C14H21N3O3S/c1-11-12(5-4-6-13(11)15-21(3,19)20)14(18)17-9-7-16(2)8-10-17/h4-6,15H,7-10H2,1-3H3. The van der Waals surface area contributed by atoms with Gasteiger partial charge < -0.3 is 9.80 Å². The molecule has 1 aromatic carbocycles. The van der Waals surface area contributed by atoms with E-state index in [1.165, 1.54) is 0 Å². The summed E-state index contributed by atoms with van der Waals surface area (Å²) >= 11 is 0. The molecule has 1 N–H and O–H groups in total. The zero-order valence-electron chi connectivity index (χ0n) is 12.6. The molecule has 6 nitrogen and oxygen atoms in total. The Hall–Kier alpha value is -1.60. The molecule has 0 aliphatic carbocycles. The fourth-order valence-electron chi connectivity index (χ4n) is 2.36. The SMILES string of the molecule is Cc1c(NS(C)(=O)=O)cccc1C(=O)N1CCN(C)CC1. The lowest BCUT2D eigenvalue weighted by molar-refractivity contribution is 0.0663. The number of amides is 1. The highest BCUT2D eigenvalue weighted by Gasteiger charge is 2.22. The van der Waals surface area contributed by atoms with Crippen molar-refractivity contribution < 1.29 is 13.2 Å². The molecule has 1 heterocycles. The van der Waals surface area contributed by atoms with E-state index >= 15 is 0 Å². The van der Waals surface area contributed by atoms with Crippen LogP contribution in [0.5, 0.6) is 0 Å². The van der Waals surface area contributed by atoms with Crippen molar-refractivity contribution in [3.63, 3.8) is 0 Å². The first-order valence-corrected chi connectivity index (χ1v) is 8.72. The average Bonchev–Trinajstić information content (AvgIpc) is 2.40. The molecule has 0 unspecified atom stereocenters. The number of nitrogens with zero attached hydrogens (tertiary/aromatic N) is 2. The van der Waals surface area contributed by atoms with Gasteiger partial charge in [-0.25, -0.2) is 8.42 Å². The normalized spacial score (nSPS) is 16.8. The first kappa shape index (κ1) is 15.8. The maximum atomic E-state index is 12.6. The number of carbonyl (C=O) groups is 1. The van der Waals surface area contributed by atoms with Crippen LogP contribution in [0, 0.1) is 6.92 Å². The Morgan fingerprint density at radius 2 is 1.81 bits per heavy atom. The monoisotopic (exact) mass is 311 g/mol. The van der Waals surface area contributed by atoms with Gasteiger partial charge in [0.2, 0.25) is 10.0 Å². The minimum atomic E-state index is -3.36. The molecular weight excluding hydrogens is 290 g/mol. The fraction of sp³-hybridized carbons (Fsp3) is 0.500. The largest absolute Gasteiger partial charge is 0.336 e. The minimum absolute atomic E-state index is 0.0437. The molecule has 0 radical (unpaired) electrons. The van der Waals surface area contributed by atoms with Crippen molar-refractivity contribution >= 4 is 21.6 Å². The van der Waals surface area contributed by atoms with E-state index in [1.54, 1.807) is 25.1 Å². The Morgan fingerprint density at radius 3 is 2.38 bits per heavy atom. The van der Waals surface area contributed by atoms with E-state index in [0.717, 1.165) is 19.3 Å². The molecular formula is C14H21N3O3S. The summed E-state index contributed by atoms with van der Waals surface area (Å²) in [6.07, 6.45) is 1.10. The van der Waals surface area contributed by atoms with E-state index in [2.05, 4.69) is 9.62 Å². The van der Waals surface area contributed by atoms with Gasteiger partial charge in [0, 0.05) is 31.7 Å². The molecule has 1 aliphatic heterocycles. The summed E-state index contributed by atoms with van der Waals surface area (Å²) in [5, 5.41) is 0. The molecule has 0 spiro atoms. The van der Waals surface area contributed by atoms with Crippen molar-refractivity contribution in [1.82, 2.24) is 9.80 Å². The van der Waals surface area contributed by atoms with Gasteiger partial charge in [-0.05, 0) is 31.7 Å². The van der Waals surface area contributed by atoms with Gasteiger partial charge in [-0.1, -0.05) is 6.07 Å². The van der Waals surface area contributed by atoms with Crippen molar-refractivity contribution in [1.29, 1.82) is 0 Å². The molecule has 7 heteroatoms. The number of hydrogen-bond acceptors (Lipinski definition) is 4. The molecule has 2 rings (SSSR count). The third kappa shape index (κ3) is 3.95. The van der Waals surface area contributed by atoms with E-state index in [0.29, 0.717) is 29.9 Å². The number of likely N-dealkylation sites (N-methyl/N-ethyl adjacent to an activating group) is 1. The summed E-state index contributed by atoms with van der Waals surface area (Å²) in [6.45, 7) is 4.85. The molecule has 0 saturated carbocycles. The fourth-order valence-corrected chi connectivity index (χ4v) is 2.98. The molecule has 1 saturated heterocycles. The van der Waals surface area contributed by atoms with E-state index in [4.69, 9.17) is 0 Å². The van der Waals surface area contributed by atoms with Gasteiger partial charge in [0.15, 0.2) is 0 Å². The Kier molecular flexibility index (Phi) is 4.53. The van der Waals surface area contributed by atoms with Crippen LogP contribution in [0.4, 0.5) is 5.69 Å². The van der Waals surface area contributed by atoms with Crippen molar-refractivity contribution in [2.24, 2.45) is 0 Å². The molecule has 0 aromatic heterocycles. The molecule has 1 aromatic rings. The maximum absolute atomic E-state index is 12.6. The van der Waals surface area contributed by atoms with Gasteiger partial charge in [-0.3, -0.25) is 9.52 Å². The van der Waals surface area contributed by atoms with Crippen LogP contribution in [-0.4, -0.2) is 63.6 Å². The number of nitrogens with one attached hydrogen (secondary N) is 1. The first-order chi connectivity index (χ1) is 9.78.